The zero-order valence-electron chi connectivity index (χ0n) is 24.1. The summed E-state index contributed by atoms with van der Waals surface area (Å²) in [5.74, 6) is 0.523. The summed E-state index contributed by atoms with van der Waals surface area (Å²) in [5.41, 5.74) is -0.292. The molecule has 4 rings (SSSR count). The van der Waals surface area contributed by atoms with Gasteiger partial charge in [-0.3, -0.25) is 9.10 Å². The Morgan fingerprint density at radius 1 is 0.814 bits per heavy atom. The predicted octanol–water partition coefficient (Wildman–Crippen LogP) is 4.28. The SMILES string of the molecule is COc1ccc(OC)c(N(CC(=O)N2CCN(c3cccc(C(F)(F)F)c3)CC2)S(=O)(=O)c2ccc(OC)c(OC)c2)c1. The summed E-state index contributed by atoms with van der Waals surface area (Å²) in [6.45, 7) is 0.294. The van der Waals surface area contributed by atoms with Gasteiger partial charge in [0, 0.05) is 44.0 Å². The molecule has 43 heavy (non-hydrogen) atoms. The second-order valence-electron chi connectivity index (χ2n) is 9.48. The van der Waals surface area contributed by atoms with Crippen molar-refractivity contribution in [3.63, 3.8) is 0 Å². The molecule has 0 radical (unpaired) electrons. The van der Waals surface area contributed by atoms with Crippen molar-refractivity contribution in [1.82, 2.24) is 4.90 Å². The second kappa shape index (κ2) is 12.9. The Hall–Kier alpha value is -4.33. The minimum absolute atomic E-state index is 0.0765. The number of halogens is 3. The second-order valence-corrected chi connectivity index (χ2v) is 11.3. The van der Waals surface area contributed by atoms with E-state index in [1.807, 2.05) is 0 Å². The van der Waals surface area contributed by atoms with Crippen LogP contribution in [0, 0.1) is 0 Å². The standard InChI is InChI=1S/C29H32F3N3O7S/c1-39-22-8-10-25(40-2)24(17-22)35(43(37,38)23-9-11-26(41-3)27(18-23)42-4)19-28(36)34-14-12-33(13-15-34)21-7-5-6-20(16-21)29(30,31)32/h5-11,16-18H,12-15,19H2,1-4H3. The van der Waals surface area contributed by atoms with Gasteiger partial charge >= 0.3 is 6.18 Å². The Kier molecular flexibility index (Phi) is 9.48. The van der Waals surface area contributed by atoms with Gasteiger partial charge in [0.15, 0.2) is 11.5 Å². The lowest BCUT2D eigenvalue weighted by atomic mass is 10.1. The van der Waals surface area contributed by atoms with Gasteiger partial charge in [0.05, 0.1) is 44.6 Å². The molecule has 232 valence electrons. The molecule has 1 aliphatic heterocycles. The van der Waals surface area contributed by atoms with Crippen molar-refractivity contribution in [3.05, 3.63) is 66.2 Å². The Bertz CT molecular complexity index is 1560. The van der Waals surface area contributed by atoms with E-state index in [9.17, 15) is 26.4 Å². The maximum Gasteiger partial charge on any atom is 0.416 e. The molecule has 1 heterocycles. The smallest absolute Gasteiger partial charge is 0.416 e. The first-order valence-electron chi connectivity index (χ1n) is 13.1. The molecule has 1 aliphatic rings. The monoisotopic (exact) mass is 623 g/mol. The van der Waals surface area contributed by atoms with E-state index < -0.39 is 34.2 Å². The molecule has 1 fully saturated rings. The number of sulfonamides is 1. The minimum atomic E-state index is -4.47. The van der Waals surface area contributed by atoms with Gasteiger partial charge in [0.25, 0.3) is 10.0 Å². The van der Waals surface area contributed by atoms with Crippen LogP contribution >= 0.6 is 0 Å². The highest BCUT2D eigenvalue weighted by Gasteiger charge is 2.34. The number of anilines is 2. The summed E-state index contributed by atoms with van der Waals surface area (Å²) < 4.78 is 90.0. The molecule has 1 saturated heterocycles. The molecule has 0 atom stereocenters. The molecule has 3 aromatic rings. The van der Waals surface area contributed by atoms with Crippen LogP contribution in [-0.2, 0) is 21.0 Å². The number of benzene rings is 3. The number of hydrogen-bond acceptors (Lipinski definition) is 8. The number of carbonyl (C=O) groups excluding carboxylic acids is 1. The van der Waals surface area contributed by atoms with Crippen molar-refractivity contribution in [2.45, 2.75) is 11.1 Å². The zero-order valence-corrected chi connectivity index (χ0v) is 24.9. The number of amides is 1. The van der Waals surface area contributed by atoms with Gasteiger partial charge in [-0.15, -0.1) is 0 Å². The Morgan fingerprint density at radius 2 is 1.47 bits per heavy atom. The van der Waals surface area contributed by atoms with Crippen LogP contribution in [0.1, 0.15) is 5.56 Å². The Balaban J connectivity index is 1.63. The molecule has 0 N–H and O–H groups in total. The molecule has 10 nitrogen and oxygen atoms in total. The van der Waals surface area contributed by atoms with Crippen molar-refractivity contribution in [3.8, 4) is 23.0 Å². The van der Waals surface area contributed by atoms with Crippen LogP contribution in [0.4, 0.5) is 24.5 Å². The van der Waals surface area contributed by atoms with Gasteiger partial charge < -0.3 is 28.7 Å². The number of rotatable bonds is 10. The maximum atomic E-state index is 14.1. The zero-order chi connectivity index (χ0) is 31.4. The average Bonchev–Trinajstić information content (AvgIpc) is 3.02. The van der Waals surface area contributed by atoms with E-state index in [1.165, 1.54) is 69.7 Å². The lowest BCUT2D eigenvalue weighted by Gasteiger charge is -2.37. The molecule has 0 aromatic heterocycles. The van der Waals surface area contributed by atoms with Crippen LogP contribution in [0.3, 0.4) is 0 Å². The van der Waals surface area contributed by atoms with Crippen molar-refractivity contribution in [2.24, 2.45) is 0 Å². The highest BCUT2D eigenvalue weighted by atomic mass is 32.2. The van der Waals surface area contributed by atoms with E-state index >= 15 is 0 Å². The van der Waals surface area contributed by atoms with Crippen molar-refractivity contribution in [1.29, 1.82) is 0 Å². The number of methoxy groups -OCH3 is 4. The fourth-order valence-corrected chi connectivity index (χ4v) is 6.14. The maximum absolute atomic E-state index is 14.1. The molecular weight excluding hydrogens is 591 g/mol. The van der Waals surface area contributed by atoms with Crippen LogP contribution in [0.5, 0.6) is 23.0 Å². The quantitative estimate of drug-likeness (QED) is 0.330. The van der Waals surface area contributed by atoms with Gasteiger partial charge in [-0.25, -0.2) is 8.42 Å². The largest absolute Gasteiger partial charge is 0.497 e. The highest BCUT2D eigenvalue weighted by molar-refractivity contribution is 7.92. The lowest BCUT2D eigenvalue weighted by Crippen LogP contribution is -2.52. The molecule has 0 aliphatic carbocycles. The van der Waals surface area contributed by atoms with Gasteiger partial charge in [-0.1, -0.05) is 6.07 Å². The van der Waals surface area contributed by atoms with Gasteiger partial charge in [-0.05, 0) is 42.5 Å². The third-order valence-electron chi connectivity index (χ3n) is 7.05. The minimum Gasteiger partial charge on any atom is -0.497 e. The van der Waals surface area contributed by atoms with Crippen LogP contribution in [-0.4, -0.2) is 80.4 Å². The average molecular weight is 624 g/mol. The molecule has 1 amide bonds. The summed E-state index contributed by atoms with van der Waals surface area (Å²) in [4.78, 5) is 16.7. The van der Waals surface area contributed by atoms with Crippen molar-refractivity contribution >= 4 is 27.3 Å². The lowest BCUT2D eigenvalue weighted by molar-refractivity contribution is -0.137. The third-order valence-corrected chi connectivity index (χ3v) is 8.80. The molecule has 0 bridgehead atoms. The molecular formula is C29H32F3N3O7S. The summed E-state index contributed by atoms with van der Waals surface area (Å²) in [6, 6.07) is 13.7. The molecule has 0 saturated carbocycles. The molecule has 0 spiro atoms. The summed E-state index contributed by atoms with van der Waals surface area (Å²) in [7, 11) is 1.22. The Labute approximate surface area is 248 Å². The first kappa shape index (κ1) is 31.6. The topological polar surface area (TPSA) is 97.9 Å². The van der Waals surface area contributed by atoms with Crippen LogP contribution < -0.4 is 28.2 Å². The fraction of sp³-hybridized carbons (Fsp3) is 0.345. The summed E-state index contributed by atoms with van der Waals surface area (Å²) in [5, 5.41) is 0. The third kappa shape index (κ3) is 6.85. The van der Waals surface area contributed by atoms with E-state index in [0.717, 1.165) is 16.4 Å². The van der Waals surface area contributed by atoms with Crippen LogP contribution in [0.25, 0.3) is 0 Å². The van der Waals surface area contributed by atoms with Gasteiger partial charge in [-0.2, -0.15) is 13.2 Å². The van der Waals surface area contributed by atoms with Gasteiger partial charge in [0.2, 0.25) is 5.91 Å². The first-order valence-corrected chi connectivity index (χ1v) is 14.5. The van der Waals surface area contributed by atoms with E-state index in [4.69, 9.17) is 18.9 Å². The molecule has 3 aromatic carbocycles. The van der Waals surface area contributed by atoms with E-state index in [-0.39, 0.29) is 48.3 Å². The number of ether oxygens (including phenoxy) is 4. The molecule has 14 heteroatoms. The number of alkyl halides is 3. The van der Waals surface area contributed by atoms with E-state index in [0.29, 0.717) is 17.2 Å². The fourth-order valence-electron chi connectivity index (χ4n) is 4.71. The first-order chi connectivity index (χ1) is 20.4. The van der Waals surface area contributed by atoms with E-state index in [1.54, 1.807) is 17.0 Å². The summed E-state index contributed by atoms with van der Waals surface area (Å²) >= 11 is 0. The number of carbonyl (C=O) groups is 1. The Morgan fingerprint density at radius 3 is 2.07 bits per heavy atom. The van der Waals surface area contributed by atoms with Crippen LogP contribution in [0.2, 0.25) is 0 Å². The molecule has 0 unspecified atom stereocenters. The van der Waals surface area contributed by atoms with Crippen LogP contribution in [0.15, 0.2) is 65.6 Å². The number of hydrogen-bond donors (Lipinski definition) is 0. The van der Waals surface area contributed by atoms with Crippen molar-refractivity contribution < 1.29 is 45.3 Å². The van der Waals surface area contributed by atoms with Crippen molar-refractivity contribution in [2.75, 3.05) is 70.4 Å². The number of nitrogens with zero attached hydrogens (tertiary/aromatic N) is 3. The van der Waals surface area contributed by atoms with Gasteiger partial charge in [0.1, 0.15) is 18.0 Å². The highest BCUT2D eigenvalue weighted by Crippen LogP contribution is 2.38. The predicted molar refractivity (Wildman–Crippen MR) is 154 cm³/mol. The number of piperazine rings is 1. The summed E-state index contributed by atoms with van der Waals surface area (Å²) in [6.07, 6.45) is -4.47. The normalized spacial score (nSPS) is 13.8. The van der Waals surface area contributed by atoms with E-state index in [2.05, 4.69) is 0 Å².